The first kappa shape index (κ1) is 14.1. The zero-order valence-corrected chi connectivity index (χ0v) is 13.0. The van der Waals surface area contributed by atoms with Crippen LogP contribution in [0.1, 0.15) is 25.8 Å². The minimum Gasteiger partial charge on any atom is -0.341 e. The second-order valence-corrected chi connectivity index (χ2v) is 6.61. The standard InChI is InChI=1S/C17H23N3O/c1-12-4-5-15-8-18-20(16(15)7-12)11-17(21)19-9-13(2)6-14(3)10-19/h4-5,7-8,13-14H,6,9-11H2,1-3H3. The van der Waals surface area contributed by atoms with Gasteiger partial charge in [0.05, 0.1) is 11.7 Å². The molecule has 1 aliphatic rings. The lowest BCUT2D eigenvalue weighted by molar-refractivity contribution is -0.134. The molecule has 0 saturated carbocycles. The average Bonchev–Trinajstić information content (AvgIpc) is 2.80. The number of rotatable bonds is 2. The maximum Gasteiger partial charge on any atom is 0.244 e. The van der Waals surface area contributed by atoms with Gasteiger partial charge < -0.3 is 4.90 Å². The molecule has 0 spiro atoms. The van der Waals surface area contributed by atoms with Gasteiger partial charge in [0, 0.05) is 18.5 Å². The zero-order chi connectivity index (χ0) is 15.0. The molecule has 1 aliphatic heterocycles. The lowest BCUT2D eigenvalue weighted by atomic mass is 9.92. The number of fused-ring (bicyclic) bond motifs is 1. The van der Waals surface area contributed by atoms with Crippen molar-refractivity contribution in [2.45, 2.75) is 33.7 Å². The predicted octanol–water partition coefficient (Wildman–Crippen LogP) is 2.85. The Hall–Kier alpha value is -1.84. The van der Waals surface area contributed by atoms with Gasteiger partial charge in [0.15, 0.2) is 0 Å². The Kier molecular flexibility index (Phi) is 3.70. The average molecular weight is 285 g/mol. The molecule has 1 saturated heterocycles. The van der Waals surface area contributed by atoms with E-state index in [1.807, 2.05) is 15.8 Å². The highest BCUT2D eigenvalue weighted by Gasteiger charge is 2.25. The van der Waals surface area contributed by atoms with E-state index in [1.54, 1.807) is 0 Å². The second kappa shape index (κ2) is 5.51. The van der Waals surface area contributed by atoms with Crippen LogP contribution in [0.3, 0.4) is 0 Å². The fourth-order valence-corrected chi connectivity index (χ4v) is 3.40. The molecule has 1 fully saturated rings. The molecule has 2 aromatic rings. The van der Waals surface area contributed by atoms with Crippen LogP contribution in [0, 0.1) is 18.8 Å². The number of hydrogen-bond acceptors (Lipinski definition) is 2. The van der Waals surface area contributed by atoms with Crippen molar-refractivity contribution in [2.24, 2.45) is 11.8 Å². The number of benzene rings is 1. The van der Waals surface area contributed by atoms with Crippen LogP contribution in [0.2, 0.25) is 0 Å². The first-order chi connectivity index (χ1) is 10.0. The summed E-state index contributed by atoms with van der Waals surface area (Å²) in [5, 5.41) is 5.47. The first-order valence-electron chi connectivity index (χ1n) is 7.73. The SMILES string of the molecule is Cc1ccc2cnn(CC(=O)N3CC(C)CC(C)C3)c2c1. The summed E-state index contributed by atoms with van der Waals surface area (Å²) in [6.07, 6.45) is 3.05. The molecule has 4 nitrogen and oxygen atoms in total. The van der Waals surface area contributed by atoms with Crippen LogP contribution in [0.25, 0.3) is 10.9 Å². The third-order valence-electron chi connectivity index (χ3n) is 4.31. The number of aryl methyl sites for hydroxylation is 1. The molecular weight excluding hydrogens is 262 g/mol. The maximum absolute atomic E-state index is 12.6. The van der Waals surface area contributed by atoms with Crippen LogP contribution >= 0.6 is 0 Å². The minimum absolute atomic E-state index is 0.180. The Bertz CT molecular complexity index is 651. The Morgan fingerprint density at radius 3 is 2.71 bits per heavy atom. The number of piperidine rings is 1. The van der Waals surface area contributed by atoms with Gasteiger partial charge in [-0.25, -0.2) is 0 Å². The van der Waals surface area contributed by atoms with E-state index in [0.717, 1.165) is 24.0 Å². The Balaban J connectivity index is 1.78. The van der Waals surface area contributed by atoms with E-state index >= 15 is 0 Å². The smallest absolute Gasteiger partial charge is 0.244 e. The van der Waals surface area contributed by atoms with Crippen LogP contribution in [-0.4, -0.2) is 33.7 Å². The zero-order valence-electron chi connectivity index (χ0n) is 13.0. The largest absolute Gasteiger partial charge is 0.341 e. The number of carbonyl (C=O) groups is 1. The number of carbonyl (C=O) groups excluding carboxylic acids is 1. The molecule has 1 amide bonds. The molecular formula is C17H23N3O. The molecule has 2 atom stereocenters. The predicted molar refractivity (Wildman–Crippen MR) is 84.0 cm³/mol. The minimum atomic E-state index is 0.180. The second-order valence-electron chi connectivity index (χ2n) is 6.61. The highest BCUT2D eigenvalue weighted by Crippen LogP contribution is 2.22. The van der Waals surface area contributed by atoms with E-state index in [-0.39, 0.29) is 5.91 Å². The first-order valence-corrected chi connectivity index (χ1v) is 7.73. The Morgan fingerprint density at radius 1 is 1.29 bits per heavy atom. The third kappa shape index (κ3) is 2.94. The fraction of sp³-hybridized carbons (Fsp3) is 0.529. The van der Waals surface area contributed by atoms with Crippen molar-refractivity contribution < 1.29 is 4.79 Å². The van der Waals surface area contributed by atoms with E-state index in [2.05, 4.69) is 44.1 Å². The van der Waals surface area contributed by atoms with E-state index < -0.39 is 0 Å². The van der Waals surface area contributed by atoms with Gasteiger partial charge in [0.25, 0.3) is 0 Å². The molecule has 3 rings (SSSR count). The Morgan fingerprint density at radius 2 is 2.00 bits per heavy atom. The molecule has 2 unspecified atom stereocenters. The number of nitrogens with zero attached hydrogens (tertiary/aromatic N) is 3. The highest BCUT2D eigenvalue weighted by atomic mass is 16.2. The maximum atomic E-state index is 12.6. The van der Waals surface area contributed by atoms with Crippen LogP contribution in [0.4, 0.5) is 0 Å². The summed E-state index contributed by atoms with van der Waals surface area (Å²) in [5.74, 6) is 1.36. The monoisotopic (exact) mass is 285 g/mol. The molecule has 2 heterocycles. The van der Waals surface area contributed by atoms with Gasteiger partial charge in [-0.05, 0) is 36.8 Å². The summed E-state index contributed by atoms with van der Waals surface area (Å²) in [7, 11) is 0. The lowest BCUT2D eigenvalue weighted by Crippen LogP contribution is -2.44. The number of likely N-dealkylation sites (tertiary alicyclic amines) is 1. The fourth-order valence-electron chi connectivity index (χ4n) is 3.40. The molecule has 0 bridgehead atoms. The van der Waals surface area contributed by atoms with Crippen LogP contribution in [0.15, 0.2) is 24.4 Å². The van der Waals surface area contributed by atoms with Crippen molar-refractivity contribution in [3.8, 4) is 0 Å². The summed E-state index contributed by atoms with van der Waals surface area (Å²) >= 11 is 0. The summed E-state index contributed by atoms with van der Waals surface area (Å²) in [5.41, 5.74) is 2.23. The summed E-state index contributed by atoms with van der Waals surface area (Å²) in [4.78, 5) is 14.6. The van der Waals surface area contributed by atoms with Gasteiger partial charge in [0.1, 0.15) is 6.54 Å². The normalized spacial score (nSPS) is 22.7. The summed E-state index contributed by atoms with van der Waals surface area (Å²) in [6.45, 7) is 8.60. The van der Waals surface area contributed by atoms with Gasteiger partial charge in [-0.3, -0.25) is 9.48 Å². The molecule has 1 aromatic carbocycles. The van der Waals surface area contributed by atoms with Crippen molar-refractivity contribution in [1.29, 1.82) is 0 Å². The molecule has 0 N–H and O–H groups in total. The molecule has 0 radical (unpaired) electrons. The molecule has 4 heteroatoms. The van der Waals surface area contributed by atoms with Gasteiger partial charge >= 0.3 is 0 Å². The van der Waals surface area contributed by atoms with Crippen molar-refractivity contribution in [3.05, 3.63) is 30.0 Å². The van der Waals surface area contributed by atoms with Gasteiger partial charge in [-0.2, -0.15) is 5.10 Å². The molecule has 112 valence electrons. The number of hydrogen-bond donors (Lipinski definition) is 0. The lowest BCUT2D eigenvalue weighted by Gasteiger charge is -2.35. The van der Waals surface area contributed by atoms with Gasteiger partial charge in [-0.1, -0.05) is 26.0 Å². The summed E-state index contributed by atoms with van der Waals surface area (Å²) in [6, 6.07) is 6.23. The van der Waals surface area contributed by atoms with E-state index in [4.69, 9.17) is 0 Å². The molecule has 0 aliphatic carbocycles. The van der Waals surface area contributed by atoms with Crippen LogP contribution in [0.5, 0.6) is 0 Å². The quantitative estimate of drug-likeness (QED) is 0.851. The van der Waals surface area contributed by atoms with Crippen molar-refractivity contribution in [2.75, 3.05) is 13.1 Å². The molecule has 21 heavy (non-hydrogen) atoms. The van der Waals surface area contributed by atoms with E-state index in [0.29, 0.717) is 18.4 Å². The van der Waals surface area contributed by atoms with Gasteiger partial charge in [0.2, 0.25) is 5.91 Å². The Labute approximate surface area is 125 Å². The van der Waals surface area contributed by atoms with Crippen molar-refractivity contribution in [3.63, 3.8) is 0 Å². The third-order valence-corrected chi connectivity index (χ3v) is 4.31. The summed E-state index contributed by atoms with van der Waals surface area (Å²) < 4.78 is 1.83. The molecule has 1 aromatic heterocycles. The van der Waals surface area contributed by atoms with E-state index in [9.17, 15) is 4.79 Å². The van der Waals surface area contributed by atoms with Crippen molar-refractivity contribution >= 4 is 16.8 Å². The van der Waals surface area contributed by atoms with Crippen molar-refractivity contribution in [1.82, 2.24) is 14.7 Å². The topological polar surface area (TPSA) is 38.1 Å². The highest BCUT2D eigenvalue weighted by molar-refractivity contribution is 5.82. The van der Waals surface area contributed by atoms with Crippen LogP contribution < -0.4 is 0 Å². The number of amides is 1. The van der Waals surface area contributed by atoms with Crippen LogP contribution in [-0.2, 0) is 11.3 Å². The van der Waals surface area contributed by atoms with E-state index in [1.165, 1.54) is 12.0 Å². The number of aromatic nitrogens is 2. The van der Waals surface area contributed by atoms with Gasteiger partial charge in [-0.15, -0.1) is 0 Å².